The van der Waals surface area contributed by atoms with E-state index in [0.29, 0.717) is 19.3 Å². The van der Waals surface area contributed by atoms with Gasteiger partial charge in [-0.15, -0.1) is 0 Å². The Morgan fingerprint density at radius 1 is 1.22 bits per heavy atom. The molecule has 2 rings (SSSR count). The second-order valence-corrected chi connectivity index (χ2v) is 6.73. The fourth-order valence-corrected chi connectivity index (χ4v) is 3.21. The van der Waals surface area contributed by atoms with E-state index < -0.39 is 0 Å². The van der Waals surface area contributed by atoms with E-state index in [2.05, 4.69) is 28.7 Å². The van der Waals surface area contributed by atoms with Gasteiger partial charge >= 0.3 is 5.97 Å². The third-order valence-corrected chi connectivity index (χ3v) is 4.72. The maximum absolute atomic E-state index is 12.1. The molecule has 0 aromatic heterocycles. The second kappa shape index (κ2) is 12.0. The molecule has 1 aliphatic heterocycles. The van der Waals surface area contributed by atoms with Crippen LogP contribution in [0.15, 0.2) is 42.5 Å². The summed E-state index contributed by atoms with van der Waals surface area (Å²) in [5, 5.41) is 0. The van der Waals surface area contributed by atoms with E-state index in [4.69, 9.17) is 0 Å². The van der Waals surface area contributed by atoms with Gasteiger partial charge in [0.25, 0.3) is 0 Å². The van der Waals surface area contributed by atoms with Crippen LogP contribution in [-0.2, 0) is 14.3 Å². The third kappa shape index (κ3) is 7.70. The van der Waals surface area contributed by atoms with E-state index in [9.17, 15) is 9.59 Å². The molecule has 1 aromatic carbocycles. The number of nitrogens with zero attached hydrogens (tertiary/aromatic N) is 1. The van der Waals surface area contributed by atoms with Crippen LogP contribution < -0.4 is 0 Å². The average molecular weight is 367 g/mol. The van der Waals surface area contributed by atoms with Crippen molar-refractivity contribution in [2.24, 2.45) is 0 Å². The van der Waals surface area contributed by atoms with E-state index >= 15 is 0 Å². The summed E-state index contributed by atoms with van der Waals surface area (Å²) < 4.78 is 4.64. The molecule has 0 bridgehead atoms. The van der Waals surface area contributed by atoms with Crippen LogP contribution in [-0.4, -0.2) is 36.5 Å². The first-order valence-electron chi connectivity index (χ1n) is 9.77. The van der Waals surface area contributed by atoms with E-state index in [-0.39, 0.29) is 17.9 Å². The molecule has 4 heteroatoms. The molecule has 1 atom stereocenters. The topological polar surface area (TPSA) is 46.6 Å². The number of carbonyl (C=O) groups excluding carboxylic acids is 2. The predicted molar refractivity (Wildman–Crippen MR) is 107 cm³/mol. The van der Waals surface area contributed by atoms with Gasteiger partial charge in [-0.2, -0.15) is 0 Å². The number of hydrogen-bond acceptors (Lipinski definition) is 3. The van der Waals surface area contributed by atoms with Crippen LogP contribution in [0.1, 0.15) is 56.9 Å². The first-order valence-corrected chi connectivity index (χ1v) is 9.77. The highest BCUT2D eigenvalue weighted by Crippen LogP contribution is 2.21. The van der Waals surface area contributed by atoms with Crippen LogP contribution in [0, 0.1) is 11.8 Å². The van der Waals surface area contributed by atoms with Crippen LogP contribution in [0.4, 0.5) is 0 Å². The largest absolute Gasteiger partial charge is 0.469 e. The zero-order valence-electron chi connectivity index (χ0n) is 16.2. The number of hydrogen-bond donors (Lipinski definition) is 0. The standard InChI is InChI=1S/C23H29NO3/c1-27-23(26)16-10-2-3-11-19-24-21(17-18-22(24)25)15-9-5-8-14-20-12-6-4-7-13-20/h4,6-7,9,12-13,15,21H,2-3,5,10-11,16-19H2,1H3/b15-9+. The van der Waals surface area contributed by atoms with Crippen LogP contribution in [0.25, 0.3) is 0 Å². The fourth-order valence-electron chi connectivity index (χ4n) is 3.21. The lowest BCUT2D eigenvalue weighted by molar-refractivity contribution is -0.140. The van der Waals surface area contributed by atoms with E-state index in [1.807, 2.05) is 35.2 Å². The van der Waals surface area contributed by atoms with Crippen molar-refractivity contribution in [2.75, 3.05) is 13.7 Å². The first-order chi connectivity index (χ1) is 13.2. The van der Waals surface area contributed by atoms with Gasteiger partial charge in [0.1, 0.15) is 0 Å². The number of esters is 1. The Hall–Kier alpha value is -2.54. The van der Waals surface area contributed by atoms with E-state index in [1.165, 1.54) is 7.11 Å². The number of methoxy groups -OCH3 is 1. The Bertz CT molecular complexity index is 685. The first kappa shape index (κ1) is 20.8. The summed E-state index contributed by atoms with van der Waals surface area (Å²) in [4.78, 5) is 25.2. The molecule has 1 heterocycles. The monoisotopic (exact) mass is 367 g/mol. The van der Waals surface area contributed by atoms with Gasteiger partial charge in [0, 0.05) is 31.4 Å². The molecule has 144 valence electrons. The Labute approximate surface area is 162 Å². The molecule has 0 spiro atoms. The second-order valence-electron chi connectivity index (χ2n) is 6.73. The summed E-state index contributed by atoms with van der Waals surface area (Å²) >= 11 is 0. The maximum atomic E-state index is 12.1. The van der Waals surface area contributed by atoms with Gasteiger partial charge in [0.05, 0.1) is 13.2 Å². The molecule has 0 aliphatic carbocycles. The van der Waals surface area contributed by atoms with Crippen LogP contribution in [0.3, 0.4) is 0 Å². The van der Waals surface area contributed by atoms with Crippen molar-refractivity contribution >= 4 is 11.9 Å². The molecular formula is C23H29NO3. The summed E-state index contributed by atoms with van der Waals surface area (Å²) in [5.74, 6) is 6.39. The number of benzene rings is 1. The van der Waals surface area contributed by atoms with E-state index in [1.54, 1.807) is 0 Å². The molecule has 0 saturated carbocycles. The highest BCUT2D eigenvalue weighted by atomic mass is 16.5. The molecular weight excluding hydrogens is 338 g/mol. The van der Waals surface area contributed by atoms with Crippen LogP contribution in [0.2, 0.25) is 0 Å². The van der Waals surface area contributed by atoms with Gasteiger partial charge in [-0.3, -0.25) is 9.59 Å². The lowest BCUT2D eigenvalue weighted by atomic mass is 10.1. The summed E-state index contributed by atoms with van der Waals surface area (Å²) in [7, 11) is 1.42. The number of ether oxygens (including phenoxy) is 1. The van der Waals surface area contributed by atoms with Crippen molar-refractivity contribution in [1.82, 2.24) is 4.90 Å². The van der Waals surface area contributed by atoms with Gasteiger partial charge in [0.2, 0.25) is 5.91 Å². The van der Waals surface area contributed by atoms with Gasteiger partial charge in [0.15, 0.2) is 0 Å². The molecule has 4 nitrogen and oxygen atoms in total. The molecule has 1 saturated heterocycles. The number of likely N-dealkylation sites (tertiary alicyclic amines) is 1. The predicted octanol–water partition coefficient (Wildman–Crippen LogP) is 4.10. The number of allylic oxidation sites excluding steroid dienone is 1. The Kier molecular flexibility index (Phi) is 9.20. The SMILES string of the molecule is COC(=O)CCCCCCN1C(=O)CCC1/C=C/CC#Cc1ccccc1. The smallest absolute Gasteiger partial charge is 0.305 e. The quantitative estimate of drug-likeness (QED) is 0.286. The highest BCUT2D eigenvalue weighted by molar-refractivity contribution is 5.79. The number of unbranched alkanes of at least 4 members (excludes halogenated alkanes) is 3. The zero-order valence-corrected chi connectivity index (χ0v) is 16.2. The van der Waals surface area contributed by atoms with Gasteiger partial charge in [-0.1, -0.05) is 55.0 Å². The van der Waals surface area contributed by atoms with Crippen molar-refractivity contribution in [3.63, 3.8) is 0 Å². The highest BCUT2D eigenvalue weighted by Gasteiger charge is 2.28. The molecule has 1 aromatic rings. The van der Waals surface area contributed by atoms with Gasteiger partial charge < -0.3 is 9.64 Å². The minimum Gasteiger partial charge on any atom is -0.469 e. The zero-order chi connectivity index (χ0) is 19.3. The van der Waals surface area contributed by atoms with Crippen molar-refractivity contribution in [2.45, 2.75) is 57.4 Å². The molecule has 27 heavy (non-hydrogen) atoms. The molecule has 0 radical (unpaired) electrons. The summed E-state index contributed by atoms with van der Waals surface area (Å²) in [6.45, 7) is 0.793. The van der Waals surface area contributed by atoms with Crippen molar-refractivity contribution in [1.29, 1.82) is 0 Å². The van der Waals surface area contributed by atoms with Gasteiger partial charge in [-0.05, 0) is 31.4 Å². The van der Waals surface area contributed by atoms with E-state index in [0.717, 1.165) is 44.2 Å². The maximum Gasteiger partial charge on any atom is 0.305 e. The summed E-state index contributed by atoms with van der Waals surface area (Å²) in [5.41, 5.74) is 1.02. The molecule has 1 unspecified atom stereocenters. The number of rotatable bonds is 9. The number of carbonyl (C=O) groups is 2. The Morgan fingerprint density at radius 3 is 2.78 bits per heavy atom. The van der Waals surface area contributed by atoms with Crippen LogP contribution in [0.5, 0.6) is 0 Å². The normalized spacial score (nSPS) is 16.4. The van der Waals surface area contributed by atoms with Crippen LogP contribution >= 0.6 is 0 Å². The minimum absolute atomic E-state index is 0.148. The number of amides is 1. The lowest BCUT2D eigenvalue weighted by Crippen LogP contribution is -2.32. The Morgan fingerprint density at radius 2 is 2.00 bits per heavy atom. The Balaban J connectivity index is 1.69. The third-order valence-electron chi connectivity index (χ3n) is 4.72. The average Bonchev–Trinajstić information content (AvgIpc) is 3.04. The molecule has 1 aliphatic rings. The molecule has 1 amide bonds. The van der Waals surface area contributed by atoms with Crippen molar-refractivity contribution in [3.05, 3.63) is 48.0 Å². The molecule has 1 fully saturated rings. The molecule has 0 N–H and O–H groups in total. The summed E-state index contributed by atoms with van der Waals surface area (Å²) in [6.07, 6.45) is 10.7. The minimum atomic E-state index is -0.148. The lowest BCUT2D eigenvalue weighted by Gasteiger charge is -2.22. The summed E-state index contributed by atoms with van der Waals surface area (Å²) in [6, 6.07) is 10.1. The van der Waals surface area contributed by atoms with Gasteiger partial charge in [-0.25, -0.2) is 0 Å². The van der Waals surface area contributed by atoms with Crippen molar-refractivity contribution in [3.8, 4) is 11.8 Å². The fraction of sp³-hybridized carbons (Fsp3) is 0.478. The van der Waals surface area contributed by atoms with Crippen molar-refractivity contribution < 1.29 is 14.3 Å².